The van der Waals surface area contributed by atoms with Gasteiger partial charge in [-0.2, -0.15) is 0 Å². The van der Waals surface area contributed by atoms with E-state index in [-0.39, 0.29) is 17.4 Å². The highest BCUT2D eigenvalue weighted by Gasteiger charge is 2.42. The number of carbonyl (C=O) groups is 2. The first-order valence-electron chi connectivity index (χ1n) is 5.35. The second-order valence-corrected chi connectivity index (χ2v) is 4.68. The fourth-order valence-corrected chi connectivity index (χ4v) is 2.36. The minimum absolute atomic E-state index is 0.0300. The zero-order valence-corrected chi connectivity index (χ0v) is 10.3. The standard InChI is InChI=1S/C12H11ClFNO3/c1-15-10(16)5-7(12(17)18)11(15)6-2-3-8(13)9(14)4-6/h2-4,7,11H,5H2,1H3,(H,17,18). The van der Waals surface area contributed by atoms with Crippen molar-refractivity contribution in [1.82, 2.24) is 4.90 Å². The van der Waals surface area contributed by atoms with Crippen LogP contribution < -0.4 is 0 Å². The molecule has 0 aliphatic carbocycles. The minimum atomic E-state index is -1.06. The van der Waals surface area contributed by atoms with Crippen molar-refractivity contribution in [2.24, 2.45) is 5.92 Å². The van der Waals surface area contributed by atoms with Crippen molar-refractivity contribution in [2.45, 2.75) is 12.5 Å². The van der Waals surface area contributed by atoms with Crippen LogP contribution in [0.25, 0.3) is 0 Å². The quantitative estimate of drug-likeness (QED) is 0.896. The molecular weight excluding hydrogens is 261 g/mol. The van der Waals surface area contributed by atoms with Gasteiger partial charge in [-0.1, -0.05) is 17.7 Å². The normalized spacial score (nSPS) is 23.5. The average Bonchev–Trinajstić information content (AvgIpc) is 2.60. The Labute approximate surface area is 108 Å². The number of carboxylic acids is 1. The Hall–Kier alpha value is -1.62. The Morgan fingerprint density at radius 2 is 2.22 bits per heavy atom. The third kappa shape index (κ3) is 2.06. The molecule has 1 aromatic carbocycles. The predicted octanol–water partition coefficient (Wildman–Crippen LogP) is 2.08. The third-order valence-corrected chi connectivity index (χ3v) is 3.50. The number of likely N-dealkylation sites (tertiary alicyclic amines) is 1. The lowest BCUT2D eigenvalue weighted by molar-refractivity contribution is -0.142. The van der Waals surface area contributed by atoms with Crippen molar-refractivity contribution < 1.29 is 19.1 Å². The molecule has 0 spiro atoms. The highest BCUT2D eigenvalue weighted by atomic mass is 35.5. The van der Waals surface area contributed by atoms with Crippen LogP contribution >= 0.6 is 11.6 Å². The van der Waals surface area contributed by atoms with Crippen LogP contribution in [0.3, 0.4) is 0 Å². The monoisotopic (exact) mass is 271 g/mol. The van der Waals surface area contributed by atoms with E-state index < -0.39 is 23.7 Å². The lowest BCUT2D eigenvalue weighted by Gasteiger charge is -2.23. The molecule has 1 N–H and O–H groups in total. The van der Waals surface area contributed by atoms with Gasteiger partial charge in [-0.15, -0.1) is 0 Å². The molecule has 0 bridgehead atoms. The van der Waals surface area contributed by atoms with Gasteiger partial charge in [0, 0.05) is 13.5 Å². The molecule has 1 aliphatic heterocycles. The van der Waals surface area contributed by atoms with Gasteiger partial charge in [-0.3, -0.25) is 9.59 Å². The van der Waals surface area contributed by atoms with Crippen LogP contribution in [0, 0.1) is 11.7 Å². The maximum atomic E-state index is 13.4. The highest BCUT2D eigenvalue weighted by Crippen LogP contribution is 2.37. The number of hydrogen-bond donors (Lipinski definition) is 1. The molecule has 6 heteroatoms. The second kappa shape index (κ2) is 4.57. The number of amides is 1. The molecule has 1 aromatic rings. The van der Waals surface area contributed by atoms with Crippen LogP contribution in [0.1, 0.15) is 18.0 Å². The molecule has 1 fully saturated rings. The third-order valence-electron chi connectivity index (χ3n) is 3.19. The molecule has 0 saturated carbocycles. The number of benzene rings is 1. The summed E-state index contributed by atoms with van der Waals surface area (Å²) >= 11 is 5.58. The first-order valence-corrected chi connectivity index (χ1v) is 5.73. The molecule has 18 heavy (non-hydrogen) atoms. The van der Waals surface area contributed by atoms with Crippen molar-refractivity contribution in [3.63, 3.8) is 0 Å². The Bertz CT molecular complexity index is 520. The van der Waals surface area contributed by atoms with Crippen LogP contribution in [-0.2, 0) is 9.59 Å². The molecule has 2 atom stereocenters. The highest BCUT2D eigenvalue weighted by molar-refractivity contribution is 6.30. The molecule has 2 unspecified atom stereocenters. The summed E-state index contributed by atoms with van der Waals surface area (Å²) in [5.41, 5.74) is 0.442. The van der Waals surface area contributed by atoms with E-state index in [1.807, 2.05) is 0 Å². The van der Waals surface area contributed by atoms with Gasteiger partial charge in [-0.05, 0) is 17.7 Å². The summed E-state index contributed by atoms with van der Waals surface area (Å²) in [4.78, 5) is 24.0. The van der Waals surface area contributed by atoms with Gasteiger partial charge in [0.1, 0.15) is 5.82 Å². The van der Waals surface area contributed by atoms with Crippen molar-refractivity contribution in [3.05, 3.63) is 34.6 Å². The summed E-state index contributed by atoms with van der Waals surface area (Å²) in [6.07, 6.45) is -0.0687. The summed E-state index contributed by atoms with van der Waals surface area (Å²) in [7, 11) is 1.52. The van der Waals surface area contributed by atoms with E-state index in [0.717, 1.165) is 0 Å². The van der Waals surface area contributed by atoms with E-state index in [0.29, 0.717) is 5.56 Å². The Kier molecular flexibility index (Phi) is 3.26. The fourth-order valence-electron chi connectivity index (χ4n) is 2.24. The number of hydrogen-bond acceptors (Lipinski definition) is 2. The SMILES string of the molecule is CN1C(=O)CC(C(=O)O)C1c1ccc(Cl)c(F)c1. The van der Waals surface area contributed by atoms with Crippen molar-refractivity contribution in [1.29, 1.82) is 0 Å². The summed E-state index contributed by atoms with van der Waals surface area (Å²) < 4.78 is 13.4. The van der Waals surface area contributed by atoms with E-state index in [2.05, 4.69) is 0 Å². The number of carboxylic acid groups (broad SMARTS) is 1. The van der Waals surface area contributed by atoms with Gasteiger partial charge in [-0.25, -0.2) is 4.39 Å². The van der Waals surface area contributed by atoms with Crippen LogP contribution in [-0.4, -0.2) is 28.9 Å². The lowest BCUT2D eigenvalue weighted by atomic mass is 9.94. The molecule has 1 heterocycles. The summed E-state index contributed by atoms with van der Waals surface area (Å²) in [5, 5.41) is 9.08. The molecular formula is C12H11ClFNO3. The van der Waals surface area contributed by atoms with E-state index in [4.69, 9.17) is 16.7 Å². The first kappa shape index (κ1) is 12.8. The summed E-state index contributed by atoms with van der Waals surface area (Å²) in [5.74, 6) is -2.80. The molecule has 4 nitrogen and oxygen atoms in total. The van der Waals surface area contributed by atoms with Crippen LogP contribution in [0.2, 0.25) is 5.02 Å². The largest absolute Gasteiger partial charge is 0.481 e. The number of aliphatic carboxylic acids is 1. The Morgan fingerprint density at radius 1 is 1.56 bits per heavy atom. The zero-order valence-electron chi connectivity index (χ0n) is 9.56. The van der Waals surface area contributed by atoms with Gasteiger partial charge in [0.05, 0.1) is 17.0 Å². The van der Waals surface area contributed by atoms with Gasteiger partial charge in [0.25, 0.3) is 0 Å². The van der Waals surface area contributed by atoms with Gasteiger partial charge < -0.3 is 10.0 Å². The predicted molar refractivity (Wildman–Crippen MR) is 62.7 cm³/mol. The fraction of sp³-hybridized carbons (Fsp3) is 0.333. The maximum absolute atomic E-state index is 13.4. The van der Waals surface area contributed by atoms with Crippen molar-refractivity contribution in [3.8, 4) is 0 Å². The topological polar surface area (TPSA) is 57.6 Å². The number of rotatable bonds is 2. The smallest absolute Gasteiger partial charge is 0.309 e. The second-order valence-electron chi connectivity index (χ2n) is 4.27. The van der Waals surface area contributed by atoms with Crippen LogP contribution in [0.5, 0.6) is 0 Å². The van der Waals surface area contributed by atoms with E-state index >= 15 is 0 Å². The van der Waals surface area contributed by atoms with E-state index in [1.165, 1.54) is 24.1 Å². The molecule has 2 rings (SSSR count). The zero-order chi connectivity index (χ0) is 13.4. The van der Waals surface area contributed by atoms with E-state index in [9.17, 15) is 14.0 Å². The average molecular weight is 272 g/mol. The van der Waals surface area contributed by atoms with E-state index in [1.54, 1.807) is 6.07 Å². The summed E-state index contributed by atoms with van der Waals surface area (Å²) in [6, 6.07) is 3.43. The van der Waals surface area contributed by atoms with Crippen LogP contribution in [0.15, 0.2) is 18.2 Å². The Balaban J connectivity index is 2.42. The minimum Gasteiger partial charge on any atom is -0.481 e. The summed E-state index contributed by atoms with van der Waals surface area (Å²) in [6.45, 7) is 0. The molecule has 96 valence electrons. The number of halogens is 2. The Morgan fingerprint density at radius 3 is 2.78 bits per heavy atom. The molecule has 1 aliphatic rings. The van der Waals surface area contributed by atoms with Gasteiger partial charge >= 0.3 is 5.97 Å². The number of carbonyl (C=O) groups excluding carboxylic acids is 1. The van der Waals surface area contributed by atoms with Crippen molar-refractivity contribution >= 4 is 23.5 Å². The maximum Gasteiger partial charge on any atom is 0.309 e. The van der Waals surface area contributed by atoms with Crippen LogP contribution in [0.4, 0.5) is 4.39 Å². The first-order chi connectivity index (χ1) is 8.41. The molecule has 0 aromatic heterocycles. The molecule has 0 radical (unpaired) electrons. The molecule has 1 saturated heterocycles. The lowest BCUT2D eigenvalue weighted by Crippen LogP contribution is -2.26. The van der Waals surface area contributed by atoms with Gasteiger partial charge in [0.2, 0.25) is 5.91 Å². The van der Waals surface area contributed by atoms with Crippen molar-refractivity contribution in [2.75, 3.05) is 7.05 Å². The number of nitrogens with zero attached hydrogens (tertiary/aromatic N) is 1. The van der Waals surface area contributed by atoms with Gasteiger partial charge in [0.15, 0.2) is 0 Å². The molecule has 1 amide bonds.